The molecule has 1 atom stereocenters. The van der Waals surface area contributed by atoms with Crippen LogP contribution in [0.4, 0.5) is 5.69 Å². The predicted molar refractivity (Wildman–Crippen MR) is 59.8 cm³/mol. The van der Waals surface area contributed by atoms with Crippen LogP contribution in [0.1, 0.15) is 25.8 Å². The van der Waals surface area contributed by atoms with Gasteiger partial charge in [0.05, 0.1) is 0 Å². The van der Waals surface area contributed by atoms with Crippen molar-refractivity contribution in [2.24, 2.45) is 5.41 Å². The highest BCUT2D eigenvalue weighted by molar-refractivity contribution is 6.02. The summed E-state index contributed by atoms with van der Waals surface area (Å²) >= 11 is 0. The van der Waals surface area contributed by atoms with Crippen molar-refractivity contribution in [1.29, 1.82) is 0 Å². The van der Waals surface area contributed by atoms with E-state index in [0.717, 1.165) is 18.5 Å². The molecular weight excluding hydrogens is 186 g/mol. The van der Waals surface area contributed by atoms with Crippen molar-refractivity contribution in [2.75, 3.05) is 4.90 Å². The smallest absolute Gasteiger partial charge is 0.232 e. The van der Waals surface area contributed by atoms with Gasteiger partial charge >= 0.3 is 0 Å². The molecule has 2 aliphatic rings. The van der Waals surface area contributed by atoms with Gasteiger partial charge < -0.3 is 4.90 Å². The molecule has 0 spiro atoms. The number of nitrogens with zero attached hydrogens (tertiary/aromatic N) is 1. The average Bonchev–Trinajstić information content (AvgIpc) is 2.62. The molecule has 2 heteroatoms. The molecule has 0 N–H and O–H groups in total. The van der Waals surface area contributed by atoms with Gasteiger partial charge in [0, 0.05) is 17.1 Å². The molecule has 0 bridgehead atoms. The van der Waals surface area contributed by atoms with Crippen LogP contribution in [0.25, 0.3) is 0 Å². The van der Waals surface area contributed by atoms with Crippen LogP contribution in [0.2, 0.25) is 0 Å². The summed E-state index contributed by atoms with van der Waals surface area (Å²) in [7, 11) is 0. The fourth-order valence-corrected chi connectivity index (χ4v) is 2.90. The fourth-order valence-electron chi connectivity index (χ4n) is 2.90. The first-order chi connectivity index (χ1) is 7.09. The number of carbonyl (C=O) groups excluding carboxylic acids is 1. The van der Waals surface area contributed by atoms with Crippen LogP contribution < -0.4 is 4.90 Å². The molecule has 1 fully saturated rings. The molecule has 0 radical (unpaired) electrons. The van der Waals surface area contributed by atoms with E-state index < -0.39 is 0 Å². The van der Waals surface area contributed by atoms with E-state index in [0.29, 0.717) is 6.04 Å². The third-order valence-electron chi connectivity index (χ3n) is 3.62. The van der Waals surface area contributed by atoms with E-state index in [9.17, 15) is 4.79 Å². The summed E-state index contributed by atoms with van der Waals surface area (Å²) in [4.78, 5) is 14.2. The molecule has 15 heavy (non-hydrogen) atoms. The molecule has 3 rings (SSSR count). The molecule has 78 valence electrons. The van der Waals surface area contributed by atoms with E-state index in [1.165, 1.54) is 5.56 Å². The van der Waals surface area contributed by atoms with Crippen LogP contribution in [0.15, 0.2) is 24.3 Å². The highest BCUT2D eigenvalue weighted by Gasteiger charge is 2.49. The van der Waals surface area contributed by atoms with E-state index in [4.69, 9.17) is 0 Å². The summed E-state index contributed by atoms with van der Waals surface area (Å²) in [5.41, 5.74) is 2.29. The van der Waals surface area contributed by atoms with Crippen molar-refractivity contribution in [3.63, 3.8) is 0 Å². The molecule has 1 saturated heterocycles. The van der Waals surface area contributed by atoms with Gasteiger partial charge in [-0.05, 0) is 24.5 Å². The van der Waals surface area contributed by atoms with Gasteiger partial charge in [-0.3, -0.25) is 4.79 Å². The number of carbonyl (C=O) groups is 1. The second-order valence-corrected chi connectivity index (χ2v) is 5.25. The second kappa shape index (κ2) is 2.63. The summed E-state index contributed by atoms with van der Waals surface area (Å²) in [6.07, 6.45) is 2.02. The quantitative estimate of drug-likeness (QED) is 0.631. The standard InChI is InChI=1S/C13H15NO/c1-13(2)8-10-7-9-5-3-4-6-11(9)14(10)12(13)15/h3-6,10H,7-8H2,1-2H3. The number of para-hydroxylation sites is 1. The fraction of sp³-hybridized carbons (Fsp3) is 0.462. The summed E-state index contributed by atoms with van der Waals surface area (Å²) in [5.74, 6) is 0.289. The third kappa shape index (κ3) is 1.08. The summed E-state index contributed by atoms with van der Waals surface area (Å²) in [6, 6.07) is 8.67. The van der Waals surface area contributed by atoms with Crippen molar-refractivity contribution in [1.82, 2.24) is 0 Å². The molecule has 2 nitrogen and oxygen atoms in total. The Labute approximate surface area is 89.9 Å². The molecule has 0 saturated carbocycles. The van der Waals surface area contributed by atoms with Crippen molar-refractivity contribution in [2.45, 2.75) is 32.7 Å². The van der Waals surface area contributed by atoms with Gasteiger partial charge in [0.25, 0.3) is 0 Å². The lowest BCUT2D eigenvalue weighted by molar-refractivity contribution is -0.123. The van der Waals surface area contributed by atoms with Gasteiger partial charge in [0.2, 0.25) is 5.91 Å². The Morgan fingerprint density at radius 2 is 2.07 bits per heavy atom. The van der Waals surface area contributed by atoms with Crippen LogP contribution in [0, 0.1) is 5.41 Å². The lowest BCUT2D eigenvalue weighted by Crippen LogP contribution is -2.32. The van der Waals surface area contributed by atoms with Gasteiger partial charge in [-0.25, -0.2) is 0 Å². The van der Waals surface area contributed by atoms with Gasteiger partial charge in [0.1, 0.15) is 0 Å². The number of amides is 1. The Kier molecular flexibility index (Phi) is 1.57. The van der Waals surface area contributed by atoms with Gasteiger partial charge in [-0.1, -0.05) is 32.0 Å². The Morgan fingerprint density at radius 1 is 1.33 bits per heavy atom. The van der Waals surface area contributed by atoms with Crippen molar-refractivity contribution < 1.29 is 4.79 Å². The minimum Gasteiger partial charge on any atom is -0.308 e. The summed E-state index contributed by atoms with van der Waals surface area (Å²) in [5, 5.41) is 0. The highest BCUT2D eigenvalue weighted by Crippen LogP contribution is 2.45. The monoisotopic (exact) mass is 201 g/mol. The molecule has 1 amide bonds. The van der Waals surface area contributed by atoms with Gasteiger partial charge in [-0.15, -0.1) is 0 Å². The maximum atomic E-state index is 12.2. The lowest BCUT2D eigenvalue weighted by Gasteiger charge is -2.19. The summed E-state index contributed by atoms with van der Waals surface area (Å²) in [6.45, 7) is 4.10. The van der Waals surface area contributed by atoms with Crippen LogP contribution in [0.5, 0.6) is 0 Å². The zero-order valence-corrected chi connectivity index (χ0v) is 9.16. The van der Waals surface area contributed by atoms with Crippen molar-refractivity contribution in [3.8, 4) is 0 Å². The first kappa shape index (κ1) is 8.96. The van der Waals surface area contributed by atoms with Crippen LogP contribution in [-0.2, 0) is 11.2 Å². The van der Waals surface area contributed by atoms with Crippen LogP contribution in [0.3, 0.4) is 0 Å². The predicted octanol–water partition coefficient (Wildman–Crippen LogP) is 2.37. The number of anilines is 1. The van der Waals surface area contributed by atoms with Crippen LogP contribution >= 0.6 is 0 Å². The zero-order valence-electron chi connectivity index (χ0n) is 9.16. The molecule has 0 aliphatic carbocycles. The van der Waals surface area contributed by atoms with Crippen LogP contribution in [-0.4, -0.2) is 11.9 Å². The average molecular weight is 201 g/mol. The molecule has 2 aliphatic heterocycles. The molecule has 0 aromatic heterocycles. The molecular formula is C13H15NO. The first-order valence-corrected chi connectivity index (χ1v) is 5.51. The number of benzene rings is 1. The normalized spacial score (nSPS) is 26.7. The number of hydrogen-bond donors (Lipinski definition) is 0. The van der Waals surface area contributed by atoms with E-state index in [1.54, 1.807) is 0 Å². The number of hydrogen-bond acceptors (Lipinski definition) is 1. The van der Waals surface area contributed by atoms with E-state index >= 15 is 0 Å². The van der Waals surface area contributed by atoms with E-state index in [-0.39, 0.29) is 11.3 Å². The third-order valence-corrected chi connectivity index (χ3v) is 3.62. The lowest BCUT2D eigenvalue weighted by atomic mass is 9.88. The minimum atomic E-state index is -0.168. The number of fused-ring (bicyclic) bond motifs is 3. The van der Waals surface area contributed by atoms with Gasteiger partial charge in [-0.2, -0.15) is 0 Å². The Hall–Kier alpha value is -1.31. The SMILES string of the molecule is CC1(C)CC2Cc3ccccc3N2C1=O. The Balaban J connectivity index is 2.09. The highest BCUT2D eigenvalue weighted by atomic mass is 16.2. The first-order valence-electron chi connectivity index (χ1n) is 5.51. The Morgan fingerprint density at radius 3 is 2.87 bits per heavy atom. The topological polar surface area (TPSA) is 20.3 Å². The van der Waals surface area contributed by atoms with Crippen molar-refractivity contribution >= 4 is 11.6 Å². The summed E-state index contributed by atoms with van der Waals surface area (Å²) < 4.78 is 0. The minimum absolute atomic E-state index is 0.168. The largest absolute Gasteiger partial charge is 0.308 e. The second-order valence-electron chi connectivity index (χ2n) is 5.25. The molecule has 1 unspecified atom stereocenters. The molecule has 1 aromatic rings. The maximum absolute atomic E-state index is 12.2. The van der Waals surface area contributed by atoms with E-state index in [2.05, 4.69) is 32.0 Å². The zero-order chi connectivity index (χ0) is 10.6. The maximum Gasteiger partial charge on any atom is 0.232 e. The Bertz CT molecular complexity index is 436. The molecule has 1 aromatic carbocycles. The van der Waals surface area contributed by atoms with Gasteiger partial charge in [0.15, 0.2) is 0 Å². The molecule has 2 heterocycles. The number of rotatable bonds is 0. The van der Waals surface area contributed by atoms with Crippen molar-refractivity contribution in [3.05, 3.63) is 29.8 Å². The van der Waals surface area contributed by atoms with E-state index in [1.807, 2.05) is 11.0 Å².